The average Bonchev–Trinajstić information content (AvgIpc) is 2.65. The van der Waals surface area contributed by atoms with Gasteiger partial charge in [0.25, 0.3) is 5.91 Å². The number of carbonyl (C=O) groups excluding carboxylic acids is 1. The number of hydrogen-bond donors (Lipinski definition) is 1. The molecule has 0 heterocycles. The monoisotopic (exact) mass is 343 g/mol. The lowest BCUT2D eigenvalue weighted by atomic mass is 9.91. The maximum absolute atomic E-state index is 12.8. The zero-order chi connectivity index (χ0) is 17.5. The summed E-state index contributed by atoms with van der Waals surface area (Å²) in [6.07, 6.45) is 4.48. The quantitative estimate of drug-likeness (QED) is 0.785. The summed E-state index contributed by atoms with van der Waals surface area (Å²) in [6, 6.07) is 11.8. The van der Waals surface area contributed by atoms with E-state index in [1.165, 1.54) is 36.1 Å². The molecule has 1 aliphatic rings. The number of halogens is 1. The van der Waals surface area contributed by atoms with Gasteiger partial charge in [-0.25, -0.2) is 4.39 Å². The molecule has 2 aromatic rings. The molecule has 2 aromatic carbocycles. The van der Waals surface area contributed by atoms with Gasteiger partial charge in [-0.3, -0.25) is 4.79 Å². The van der Waals surface area contributed by atoms with Crippen molar-refractivity contribution >= 4 is 5.91 Å². The molecule has 25 heavy (non-hydrogen) atoms. The molecule has 1 amide bonds. The van der Waals surface area contributed by atoms with Gasteiger partial charge in [0.1, 0.15) is 23.9 Å². The maximum Gasteiger partial charge on any atom is 0.258 e. The van der Waals surface area contributed by atoms with Gasteiger partial charge in [0.2, 0.25) is 0 Å². The molecule has 0 bridgehead atoms. The van der Waals surface area contributed by atoms with Crippen molar-refractivity contribution in [3.63, 3.8) is 0 Å². The second-order valence-corrected chi connectivity index (χ2v) is 6.04. The van der Waals surface area contributed by atoms with Gasteiger partial charge in [-0.1, -0.05) is 12.1 Å². The fourth-order valence-corrected chi connectivity index (χ4v) is 2.97. The summed E-state index contributed by atoms with van der Waals surface area (Å²) < 4.78 is 23.9. The fourth-order valence-electron chi connectivity index (χ4n) is 2.97. The van der Waals surface area contributed by atoms with Crippen LogP contribution < -0.4 is 14.8 Å². The smallest absolute Gasteiger partial charge is 0.258 e. The second kappa shape index (κ2) is 8.51. The summed E-state index contributed by atoms with van der Waals surface area (Å²) in [5.41, 5.74) is 2.57. The lowest BCUT2D eigenvalue weighted by Crippen LogP contribution is -2.32. The Bertz CT molecular complexity index is 715. The van der Waals surface area contributed by atoms with E-state index in [1.807, 2.05) is 12.1 Å². The molecule has 0 saturated heterocycles. The molecule has 1 aliphatic carbocycles. The average molecular weight is 343 g/mol. The Morgan fingerprint density at radius 2 is 1.84 bits per heavy atom. The number of nitrogens with one attached hydrogen (secondary N) is 1. The van der Waals surface area contributed by atoms with E-state index in [9.17, 15) is 9.18 Å². The molecule has 0 atom stereocenters. The Morgan fingerprint density at radius 3 is 2.68 bits per heavy atom. The first-order valence-electron chi connectivity index (χ1n) is 8.61. The topological polar surface area (TPSA) is 47.6 Å². The minimum Gasteiger partial charge on any atom is -0.492 e. The first kappa shape index (κ1) is 17.3. The van der Waals surface area contributed by atoms with Crippen LogP contribution in [0.2, 0.25) is 0 Å². The van der Waals surface area contributed by atoms with E-state index >= 15 is 0 Å². The Balaban J connectivity index is 1.39. The van der Waals surface area contributed by atoms with Crippen LogP contribution in [-0.4, -0.2) is 25.7 Å². The van der Waals surface area contributed by atoms with Crippen LogP contribution >= 0.6 is 0 Å². The molecule has 0 aliphatic heterocycles. The zero-order valence-corrected chi connectivity index (χ0v) is 14.1. The van der Waals surface area contributed by atoms with Crippen molar-refractivity contribution in [2.75, 3.05) is 19.8 Å². The number of fused-ring (bicyclic) bond motifs is 1. The van der Waals surface area contributed by atoms with Gasteiger partial charge in [0.05, 0.1) is 6.54 Å². The SMILES string of the molecule is O=C(COc1cccc2c1CCCC2)NCCOc1ccc(F)cc1. The molecular weight excluding hydrogens is 321 g/mol. The minimum atomic E-state index is -0.305. The van der Waals surface area contributed by atoms with Crippen LogP contribution in [0.4, 0.5) is 4.39 Å². The van der Waals surface area contributed by atoms with Gasteiger partial charge in [-0.2, -0.15) is 0 Å². The van der Waals surface area contributed by atoms with Crippen molar-refractivity contribution < 1.29 is 18.7 Å². The van der Waals surface area contributed by atoms with E-state index in [0.717, 1.165) is 18.6 Å². The van der Waals surface area contributed by atoms with Crippen molar-refractivity contribution in [2.24, 2.45) is 0 Å². The summed E-state index contributed by atoms with van der Waals surface area (Å²) >= 11 is 0. The maximum atomic E-state index is 12.8. The Labute approximate surface area is 147 Å². The highest BCUT2D eigenvalue weighted by Gasteiger charge is 2.14. The van der Waals surface area contributed by atoms with Gasteiger partial charge >= 0.3 is 0 Å². The summed E-state index contributed by atoms with van der Waals surface area (Å²) in [6.45, 7) is 0.678. The van der Waals surface area contributed by atoms with Gasteiger partial charge < -0.3 is 14.8 Å². The van der Waals surface area contributed by atoms with Crippen molar-refractivity contribution in [3.05, 3.63) is 59.4 Å². The first-order valence-corrected chi connectivity index (χ1v) is 8.61. The molecule has 0 spiro atoms. The number of amides is 1. The van der Waals surface area contributed by atoms with Gasteiger partial charge in [0, 0.05) is 0 Å². The molecule has 3 rings (SSSR count). The van der Waals surface area contributed by atoms with Crippen LogP contribution in [0.25, 0.3) is 0 Å². The largest absolute Gasteiger partial charge is 0.492 e. The van der Waals surface area contributed by atoms with Crippen LogP contribution in [0, 0.1) is 5.82 Å². The third-order valence-electron chi connectivity index (χ3n) is 4.22. The van der Waals surface area contributed by atoms with Gasteiger partial charge in [0.15, 0.2) is 6.61 Å². The summed E-state index contributed by atoms with van der Waals surface area (Å²) in [4.78, 5) is 11.9. The van der Waals surface area contributed by atoms with Crippen LogP contribution in [-0.2, 0) is 17.6 Å². The highest BCUT2D eigenvalue weighted by Crippen LogP contribution is 2.29. The molecule has 0 saturated carbocycles. The van der Waals surface area contributed by atoms with E-state index in [-0.39, 0.29) is 18.3 Å². The fraction of sp³-hybridized carbons (Fsp3) is 0.350. The lowest BCUT2D eigenvalue weighted by molar-refractivity contribution is -0.123. The van der Waals surface area contributed by atoms with Crippen LogP contribution in [0.5, 0.6) is 11.5 Å². The summed E-state index contributed by atoms with van der Waals surface area (Å²) in [7, 11) is 0. The van der Waals surface area contributed by atoms with E-state index < -0.39 is 0 Å². The van der Waals surface area contributed by atoms with Gasteiger partial charge in [-0.05, 0) is 67.1 Å². The van der Waals surface area contributed by atoms with Gasteiger partial charge in [-0.15, -0.1) is 0 Å². The van der Waals surface area contributed by atoms with Crippen molar-refractivity contribution in [1.82, 2.24) is 5.32 Å². The van der Waals surface area contributed by atoms with E-state index in [0.29, 0.717) is 18.9 Å². The molecule has 0 radical (unpaired) electrons. The third kappa shape index (κ3) is 4.95. The standard InChI is InChI=1S/C20H22FNO3/c21-16-8-10-17(11-9-16)24-13-12-22-20(23)14-25-19-7-3-5-15-4-1-2-6-18(15)19/h3,5,7-11H,1-2,4,6,12-14H2,(H,22,23). The predicted octanol–water partition coefficient (Wildman–Crippen LogP) is 3.28. The number of hydrogen-bond acceptors (Lipinski definition) is 3. The Morgan fingerprint density at radius 1 is 1.04 bits per heavy atom. The number of aryl methyl sites for hydroxylation is 1. The minimum absolute atomic E-state index is 0.00694. The normalized spacial score (nSPS) is 13.0. The Kier molecular flexibility index (Phi) is 5.88. The van der Waals surface area contributed by atoms with Crippen LogP contribution in [0.15, 0.2) is 42.5 Å². The number of rotatable bonds is 7. The third-order valence-corrected chi connectivity index (χ3v) is 4.22. The van der Waals surface area contributed by atoms with Crippen molar-refractivity contribution in [1.29, 1.82) is 0 Å². The summed E-state index contributed by atoms with van der Waals surface area (Å²) in [5.74, 6) is 0.898. The molecule has 4 nitrogen and oxygen atoms in total. The van der Waals surface area contributed by atoms with E-state index in [2.05, 4.69) is 11.4 Å². The number of ether oxygens (including phenoxy) is 2. The highest BCUT2D eigenvalue weighted by atomic mass is 19.1. The molecular formula is C20H22FNO3. The lowest BCUT2D eigenvalue weighted by Gasteiger charge is -2.19. The second-order valence-electron chi connectivity index (χ2n) is 6.04. The molecule has 0 unspecified atom stereocenters. The number of carbonyl (C=O) groups is 1. The Hall–Kier alpha value is -2.56. The van der Waals surface area contributed by atoms with Crippen LogP contribution in [0.1, 0.15) is 24.0 Å². The van der Waals surface area contributed by atoms with Crippen molar-refractivity contribution in [3.8, 4) is 11.5 Å². The molecule has 132 valence electrons. The van der Waals surface area contributed by atoms with Crippen LogP contribution in [0.3, 0.4) is 0 Å². The highest BCUT2D eigenvalue weighted by molar-refractivity contribution is 5.77. The molecule has 5 heteroatoms. The van der Waals surface area contributed by atoms with Crippen molar-refractivity contribution in [2.45, 2.75) is 25.7 Å². The first-order chi connectivity index (χ1) is 12.2. The van der Waals surface area contributed by atoms with E-state index in [4.69, 9.17) is 9.47 Å². The molecule has 0 fully saturated rings. The van der Waals surface area contributed by atoms with E-state index in [1.54, 1.807) is 12.1 Å². The summed E-state index contributed by atoms with van der Waals surface area (Å²) in [5, 5.41) is 2.75. The molecule has 0 aromatic heterocycles. The molecule has 1 N–H and O–H groups in total. The number of benzene rings is 2. The predicted molar refractivity (Wildman–Crippen MR) is 93.5 cm³/mol. The zero-order valence-electron chi connectivity index (χ0n) is 14.1.